The van der Waals surface area contributed by atoms with E-state index >= 15 is 0 Å². The van der Waals surface area contributed by atoms with Crippen LogP contribution in [0.3, 0.4) is 0 Å². The summed E-state index contributed by atoms with van der Waals surface area (Å²) < 4.78 is 53.4. The number of rotatable bonds is 14. The molecule has 1 aromatic carbocycles. The van der Waals surface area contributed by atoms with E-state index in [2.05, 4.69) is 37.6 Å². The minimum atomic E-state index is -3.92. The number of nitrogens with zero attached hydrogens (tertiary/aromatic N) is 1. The Morgan fingerprint density at radius 2 is 1.41 bits per heavy atom. The molecule has 0 saturated carbocycles. The summed E-state index contributed by atoms with van der Waals surface area (Å²) in [6, 6.07) is 7.60. The van der Waals surface area contributed by atoms with E-state index in [9.17, 15) is 8.42 Å². The lowest BCUT2D eigenvalue weighted by molar-refractivity contribution is -0.919. The third kappa shape index (κ3) is 17.2. The lowest BCUT2D eigenvalue weighted by Crippen LogP contribution is -2.48. The zero-order chi connectivity index (χ0) is 24.7. The largest absolute Gasteiger partial charge is 0.748 e. The van der Waals surface area contributed by atoms with Crippen molar-refractivity contribution < 1.29 is 25.9 Å². The normalized spacial score (nSPS) is 12.4. The van der Waals surface area contributed by atoms with Crippen LogP contribution in [-0.4, -0.2) is 64.6 Å². The van der Waals surface area contributed by atoms with Crippen molar-refractivity contribution >= 4 is 25.8 Å². The number of sulfonamides is 1. The Bertz CT molecular complexity index is 852. The fourth-order valence-corrected chi connectivity index (χ4v) is 3.94. The molecule has 0 fully saturated rings. The maximum atomic E-state index is 11.3. The summed E-state index contributed by atoms with van der Waals surface area (Å²) in [5, 5.41) is 0. The molecule has 0 spiro atoms. The number of likely N-dealkylation sites (N-methyl/N-ethyl adjacent to an activating group) is 1. The molecule has 32 heavy (non-hydrogen) atoms. The number of nitrogens with one attached hydrogen (secondary N) is 1. The van der Waals surface area contributed by atoms with E-state index in [1.807, 2.05) is 24.3 Å². The number of hydrogen-bond acceptors (Lipinski definition) is 5. The van der Waals surface area contributed by atoms with Gasteiger partial charge in [-0.05, 0) is 56.9 Å². The van der Waals surface area contributed by atoms with Crippen LogP contribution in [0.4, 0.5) is 5.69 Å². The maximum Gasteiger partial charge on any atom is 0.229 e. The second-order valence-corrected chi connectivity index (χ2v) is 11.4. The van der Waals surface area contributed by atoms with Gasteiger partial charge in [0.15, 0.2) is 0 Å². The van der Waals surface area contributed by atoms with Crippen LogP contribution in [0.5, 0.6) is 0 Å². The number of allylic oxidation sites excluding steroid dienone is 1. The molecule has 1 aromatic rings. The van der Waals surface area contributed by atoms with Crippen LogP contribution in [-0.2, 0) is 26.6 Å². The summed E-state index contributed by atoms with van der Waals surface area (Å²) in [5.41, 5.74) is 1.80. The first kappa shape index (κ1) is 30.6. The standard InChI is InChI=1S/C22H39N2O2S.CH4O3S/c1-5-8-9-10-12-19-24(6-2,7-3)20-13-11-14-21-15-17-22(18-16-21)23-27(4,25)26;1-5(2,3)4/h11,13,15-18,23H,5-10,12,14,19-20H2,1-4H3;1H3,(H,2,3,4)/q+1;/p-1. The summed E-state index contributed by atoms with van der Waals surface area (Å²) in [4.78, 5) is 0. The van der Waals surface area contributed by atoms with Gasteiger partial charge in [0.05, 0.1) is 42.6 Å². The molecule has 186 valence electrons. The van der Waals surface area contributed by atoms with Gasteiger partial charge in [-0.2, -0.15) is 0 Å². The number of unbranched alkanes of at least 4 members (excludes halogenated alkanes) is 4. The molecular weight excluding hydrogens is 448 g/mol. The molecule has 0 atom stereocenters. The van der Waals surface area contributed by atoms with Gasteiger partial charge in [-0.3, -0.25) is 4.72 Å². The van der Waals surface area contributed by atoms with Gasteiger partial charge in [0, 0.05) is 11.9 Å². The monoisotopic (exact) mass is 490 g/mol. The Balaban J connectivity index is 0.00000172. The predicted molar refractivity (Wildman–Crippen MR) is 133 cm³/mol. The van der Waals surface area contributed by atoms with E-state index in [0.717, 1.165) is 13.0 Å². The summed E-state index contributed by atoms with van der Waals surface area (Å²) in [5.74, 6) is 0. The molecule has 0 aliphatic rings. The molecule has 1 N–H and O–H groups in total. The molecule has 0 aliphatic heterocycles. The predicted octanol–water partition coefficient (Wildman–Crippen LogP) is 4.15. The van der Waals surface area contributed by atoms with Gasteiger partial charge in [-0.25, -0.2) is 16.8 Å². The van der Waals surface area contributed by atoms with Crippen molar-refractivity contribution in [3.63, 3.8) is 0 Å². The Morgan fingerprint density at radius 3 is 1.88 bits per heavy atom. The summed E-state index contributed by atoms with van der Waals surface area (Å²) in [6.07, 6.45) is 13.9. The molecule has 0 saturated heterocycles. The van der Waals surface area contributed by atoms with Crippen LogP contribution in [0.1, 0.15) is 58.4 Å². The molecule has 0 unspecified atom stereocenters. The summed E-state index contributed by atoms with van der Waals surface area (Å²) in [7, 11) is -7.13. The SMILES string of the molecule is CCCCCCC[N+](CC)(CC)CC=CCc1ccc(NS(C)(=O)=O)cc1.CS(=O)(=O)[O-]. The van der Waals surface area contributed by atoms with Crippen LogP contribution < -0.4 is 4.72 Å². The molecule has 0 aliphatic carbocycles. The highest BCUT2D eigenvalue weighted by atomic mass is 32.2. The average molecular weight is 491 g/mol. The third-order valence-corrected chi connectivity index (χ3v) is 5.95. The Morgan fingerprint density at radius 1 is 0.875 bits per heavy atom. The topological polar surface area (TPSA) is 103 Å². The van der Waals surface area contributed by atoms with Crippen molar-refractivity contribution in [3.8, 4) is 0 Å². The first-order valence-electron chi connectivity index (χ1n) is 11.3. The van der Waals surface area contributed by atoms with Crippen LogP contribution in [0, 0.1) is 0 Å². The Hall–Kier alpha value is -1.42. The number of hydrogen-bond donors (Lipinski definition) is 1. The van der Waals surface area contributed by atoms with Gasteiger partial charge < -0.3 is 9.04 Å². The minimum absolute atomic E-state index is 0.604. The van der Waals surface area contributed by atoms with E-state index in [4.69, 9.17) is 13.0 Å². The lowest BCUT2D eigenvalue weighted by atomic mass is 10.1. The third-order valence-electron chi connectivity index (χ3n) is 5.35. The molecule has 0 aromatic heterocycles. The summed E-state index contributed by atoms with van der Waals surface area (Å²) in [6.45, 7) is 11.6. The van der Waals surface area contributed by atoms with Crippen LogP contribution in [0.15, 0.2) is 36.4 Å². The zero-order valence-electron chi connectivity index (χ0n) is 20.3. The van der Waals surface area contributed by atoms with Gasteiger partial charge in [0.2, 0.25) is 10.0 Å². The second kappa shape index (κ2) is 15.4. The van der Waals surface area contributed by atoms with Crippen molar-refractivity contribution in [1.82, 2.24) is 0 Å². The fourth-order valence-electron chi connectivity index (χ4n) is 3.38. The van der Waals surface area contributed by atoms with Crippen molar-refractivity contribution in [2.24, 2.45) is 0 Å². The number of benzene rings is 1. The van der Waals surface area contributed by atoms with Gasteiger partial charge in [-0.1, -0.05) is 44.4 Å². The average Bonchev–Trinajstić information content (AvgIpc) is 2.68. The molecule has 0 radical (unpaired) electrons. The summed E-state index contributed by atoms with van der Waals surface area (Å²) >= 11 is 0. The molecule has 7 nitrogen and oxygen atoms in total. The van der Waals surface area contributed by atoms with Gasteiger partial charge >= 0.3 is 0 Å². The second-order valence-electron chi connectivity index (χ2n) is 8.25. The van der Waals surface area contributed by atoms with Crippen molar-refractivity contribution in [3.05, 3.63) is 42.0 Å². The quantitative estimate of drug-likeness (QED) is 0.183. The molecule has 0 heterocycles. The van der Waals surface area contributed by atoms with E-state index in [1.165, 1.54) is 68.0 Å². The van der Waals surface area contributed by atoms with Gasteiger partial charge in [-0.15, -0.1) is 0 Å². The highest BCUT2D eigenvalue weighted by Gasteiger charge is 2.20. The van der Waals surface area contributed by atoms with E-state index in [1.54, 1.807) is 0 Å². The van der Waals surface area contributed by atoms with Crippen molar-refractivity contribution in [2.45, 2.75) is 59.3 Å². The smallest absolute Gasteiger partial charge is 0.229 e. The first-order valence-corrected chi connectivity index (χ1v) is 15.0. The molecular formula is C23H42N2O5S2. The van der Waals surface area contributed by atoms with E-state index < -0.39 is 20.1 Å². The minimum Gasteiger partial charge on any atom is -0.748 e. The maximum absolute atomic E-state index is 11.3. The highest BCUT2D eigenvalue weighted by Crippen LogP contribution is 2.14. The van der Waals surface area contributed by atoms with Gasteiger partial charge in [0.1, 0.15) is 0 Å². The van der Waals surface area contributed by atoms with Gasteiger partial charge in [0.25, 0.3) is 0 Å². The lowest BCUT2D eigenvalue weighted by Gasteiger charge is -2.36. The molecule has 0 bridgehead atoms. The van der Waals surface area contributed by atoms with E-state index in [0.29, 0.717) is 11.9 Å². The fraction of sp³-hybridized carbons (Fsp3) is 0.652. The Labute approximate surface area is 196 Å². The van der Waals surface area contributed by atoms with Crippen LogP contribution >= 0.6 is 0 Å². The van der Waals surface area contributed by atoms with E-state index in [-0.39, 0.29) is 0 Å². The van der Waals surface area contributed by atoms with Crippen molar-refractivity contribution in [1.29, 1.82) is 0 Å². The van der Waals surface area contributed by atoms with Crippen LogP contribution in [0.2, 0.25) is 0 Å². The highest BCUT2D eigenvalue weighted by molar-refractivity contribution is 7.92. The molecule has 0 amide bonds. The first-order chi connectivity index (χ1) is 14.8. The molecule has 9 heteroatoms. The zero-order valence-corrected chi connectivity index (χ0v) is 22.0. The number of anilines is 1. The van der Waals surface area contributed by atoms with Crippen LogP contribution in [0.25, 0.3) is 0 Å². The Kier molecular flexibility index (Phi) is 14.7. The molecule has 1 rings (SSSR count). The van der Waals surface area contributed by atoms with Crippen molar-refractivity contribution in [2.75, 3.05) is 43.4 Å². The number of quaternary nitrogens is 1.